The Kier molecular flexibility index (Phi) is 4.64. The van der Waals surface area contributed by atoms with Gasteiger partial charge in [-0.2, -0.15) is 5.10 Å². The summed E-state index contributed by atoms with van der Waals surface area (Å²) in [6, 6.07) is 19.7. The molecule has 0 aromatic heterocycles. The van der Waals surface area contributed by atoms with Crippen LogP contribution in [0.4, 0.5) is 5.69 Å². The lowest BCUT2D eigenvalue weighted by Crippen LogP contribution is -2.24. The maximum Gasteiger partial charge on any atom is 0.191 e. The number of nitrogens with one attached hydrogen (secondary N) is 2. The molecule has 0 saturated heterocycles. The molecular weight excluding hydrogens is 254 g/mol. The normalized spacial score (nSPS) is 10.9. The summed E-state index contributed by atoms with van der Waals surface area (Å²) >= 11 is 5.18. The highest BCUT2D eigenvalue weighted by Crippen LogP contribution is 2.04. The summed E-state index contributed by atoms with van der Waals surface area (Å²) in [6.07, 6.45) is 0. The van der Waals surface area contributed by atoms with Gasteiger partial charge in [0, 0.05) is 5.69 Å². The van der Waals surface area contributed by atoms with E-state index in [1.807, 2.05) is 67.6 Å². The zero-order valence-corrected chi connectivity index (χ0v) is 11.4. The van der Waals surface area contributed by atoms with Gasteiger partial charge in [0.2, 0.25) is 0 Å². The third-order valence-corrected chi connectivity index (χ3v) is 2.74. The van der Waals surface area contributed by atoms with E-state index in [2.05, 4.69) is 15.8 Å². The van der Waals surface area contributed by atoms with Crippen molar-refractivity contribution in [3.05, 3.63) is 66.2 Å². The minimum absolute atomic E-state index is 0.474. The lowest BCUT2D eigenvalue weighted by atomic mass is 10.1. The van der Waals surface area contributed by atoms with Gasteiger partial charge in [0.25, 0.3) is 0 Å². The summed E-state index contributed by atoms with van der Waals surface area (Å²) in [5.74, 6) is 0. The molecule has 0 bridgehead atoms. The summed E-state index contributed by atoms with van der Waals surface area (Å²) in [5, 5.41) is 7.79. The SMILES string of the molecule is C/C(=N\NC(=S)Nc1ccccc1)c1ccccc1. The number of hydrogen-bond acceptors (Lipinski definition) is 2. The van der Waals surface area contributed by atoms with Crippen molar-refractivity contribution in [2.75, 3.05) is 5.32 Å². The first-order chi connectivity index (χ1) is 9.25. The van der Waals surface area contributed by atoms with E-state index in [0.29, 0.717) is 5.11 Å². The lowest BCUT2D eigenvalue weighted by Gasteiger charge is -2.07. The molecule has 4 heteroatoms. The molecule has 0 heterocycles. The zero-order valence-electron chi connectivity index (χ0n) is 10.6. The summed E-state index contributed by atoms with van der Waals surface area (Å²) < 4.78 is 0. The first kappa shape index (κ1) is 13.2. The van der Waals surface area contributed by atoms with Crippen molar-refractivity contribution in [2.45, 2.75) is 6.92 Å². The van der Waals surface area contributed by atoms with Crippen LogP contribution < -0.4 is 10.7 Å². The molecule has 2 aromatic carbocycles. The van der Waals surface area contributed by atoms with E-state index in [9.17, 15) is 0 Å². The molecule has 2 aromatic rings. The van der Waals surface area contributed by atoms with Crippen molar-refractivity contribution < 1.29 is 0 Å². The molecule has 0 fully saturated rings. The van der Waals surface area contributed by atoms with Gasteiger partial charge in [-0.3, -0.25) is 5.43 Å². The summed E-state index contributed by atoms with van der Waals surface area (Å²) in [7, 11) is 0. The molecule has 0 amide bonds. The topological polar surface area (TPSA) is 36.4 Å². The fourth-order valence-corrected chi connectivity index (χ4v) is 1.72. The smallest absolute Gasteiger partial charge is 0.191 e. The minimum atomic E-state index is 0.474. The first-order valence-electron chi connectivity index (χ1n) is 5.97. The average molecular weight is 269 g/mol. The van der Waals surface area contributed by atoms with Crippen molar-refractivity contribution in [3.63, 3.8) is 0 Å². The lowest BCUT2D eigenvalue weighted by molar-refractivity contribution is 1.04. The fraction of sp³-hybridized carbons (Fsp3) is 0.0667. The van der Waals surface area contributed by atoms with Crippen molar-refractivity contribution in [3.8, 4) is 0 Å². The molecule has 0 spiro atoms. The maximum absolute atomic E-state index is 5.18. The van der Waals surface area contributed by atoms with Crippen LogP contribution in [0.2, 0.25) is 0 Å². The van der Waals surface area contributed by atoms with Crippen LogP contribution in [0.5, 0.6) is 0 Å². The predicted octanol–water partition coefficient (Wildman–Crippen LogP) is 3.40. The van der Waals surface area contributed by atoms with Crippen LogP contribution in [0.15, 0.2) is 65.8 Å². The van der Waals surface area contributed by atoms with Gasteiger partial charge >= 0.3 is 0 Å². The molecule has 0 aliphatic carbocycles. The molecule has 2 N–H and O–H groups in total. The standard InChI is InChI=1S/C15H15N3S/c1-12(13-8-4-2-5-9-13)17-18-15(19)16-14-10-6-3-7-11-14/h2-11H,1H3,(H2,16,18,19)/b17-12+. The summed E-state index contributed by atoms with van der Waals surface area (Å²) in [5.41, 5.74) is 5.73. The Balaban J connectivity index is 1.93. The number of benzene rings is 2. The molecule has 0 unspecified atom stereocenters. The van der Waals surface area contributed by atoms with Crippen LogP contribution in [-0.2, 0) is 0 Å². The van der Waals surface area contributed by atoms with E-state index in [4.69, 9.17) is 12.2 Å². The van der Waals surface area contributed by atoms with E-state index in [-0.39, 0.29) is 0 Å². The Morgan fingerprint density at radius 2 is 1.53 bits per heavy atom. The Labute approximate surface area is 118 Å². The minimum Gasteiger partial charge on any atom is -0.331 e. The molecule has 19 heavy (non-hydrogen) atoms. The number of para-hydroxylation sites is 1. The predicted molar refractivity (Wildman–Crippen MR) is 84.5 cm³/mol. The van der Waals surface area contributed by atoms with E-state index in [1.165, 1.54) is 0 Å². The monoisotopic (exact) mass is 269 g/mol. The average Bonchev–Trinajstić information content (AvgIpc) is 2.47. The third-order valence-electron chi connectivity index (χ3n) is 2.55. The van der Waals surface area contributed by atoms with Gasteiger partial charge < -0.3 is 5.32 Å². The van der Waals surface area contributed by atoms with Crippen LogP contribution in [0, 0.1) is 0 Å². The first-order valence-corrected chi connectivity index (χ1v) is 6.38. The van der Waals surface area contributed by atoms with E-state index in [0.717, 1.165) is 17.0 Å². The van der Waals surface area contributed by atoms with E-state index in [1.54, 1.807) is 0 Å². The number of rotatable bonds is 3. The quantitative estimate of drug-likeness (QED) is 0.509. The van der Waals surface area contributed by atoms with E-state index >= 15 is 0 Å². The van der Waals surface area contributed by atoms with Gasteiger partial charge in [-0.05, 0) is 36.8 Å². The maximum atomic E-state index is 5.18. The highest BCUT2D eigenvalue weighted by Gasteiger charge is 1.97. The highest BCUT2D eigenvalue weighted by molar-refractivity contribution is 7.80. The van der Waals surface area contributed by atoms with Crippen molar-refractivity contribution in [2.24, 2.45) is 5.10 Å². The van der Waals surface area contributed by atoms with Crippen LogP contribution >= 0.6 is 12.2 Å². The molecule has 2 rings (SSSR count). The second-order valence-corrected chi connectivity index (χ2v) is 4.40. The molecule has 3 nitrogen and oxygen atoms in total. The van der Waals surface area contributed by atoms with Gasteiger partial charge in [-0.1, -0.05) is 48.5 Å². The van der Waals surface area contributed by atoms with Gasteiger partial charge in [0.15, 0.2) is 5.11 Å². The second-order valence-electron chi connectivity index (χ2n) is 4.00. The number of nitrogens with zero attached hydrogens (tertiary/aromatic N) is 1. The van der Waals surface area contributed by atoms with Crippen molar-refractivity contribution in [1.82, 2.24) is 5.43 Å². The third kappa shape index (κ3) is 4.19. The van der Waals surface area contributed by atoms with Gasteiger partial charge in [0.1, 0.15) is 0 Å². The Hall–Kier alpha value is -2.20. The van der Waals surface area contributed by atoms with Gasteiger partial charge in [-0.25, -0.2) is 0 Å². The van der Waals surface area contributed by atoms with Crippen molar-refractivity contribution >= 4 is 28.7 Å². The van der Waals surface area contributed by atoms with Crippen LogP contribution in [-0.4, -0.2) is 10.8 Å². The summed E-state index contributed by atoms with van der Waals surface area (Å²) in [4.78, 5) is 0. The second kappa shape index (κ2) is 6.66. The zero-order chi connectivity index (χ0) is 13.5. The molecule has 0 saturated carbocycles. The number of thiocarbonyl (C=S) groups is 1. The molecule has 96 valence electrons. The Morgan fingerprint density at radius 1 is 0.947 bits per heavy atom. The van der Waals surface area contributed by atoms with Crippen molar-refractivity contribution in [1.29, 1.82) is 0 Å². The molecule has 0 radical (unpaired) electrons. The number of hydrogen-bond donors (Lipinski definition) is 2. The highest BCUT2D eigenvalue weighted by atomic mass is 32.1. The fourth-order valence-electron chi connectivity index (χ4n) is 1.56. The molecule has 0 aliphatic heterocycles. The van der Waals surface area contributed by atoms with Crippen LogP contribution in [0.25, 0.3) is 0 Å². The van der Waals surface area contributed by atoms with Gasteiger partial charge in [0.05, 0.1) is 5.71 Å². The largest absolute Gasteiger partial charge is 0.331 e. The Bertz CT molecular complexity index is 564. The number of hydrazone groups is 1. The molecule has 0 aliphatic rings. The van der Waals surface area contributed by atoms with Crippen LogP contribution in [0.1, 0.15) is 12.5 Å². The molecular formula is C15H15N3S. The number of anilines is 1. The van der Waals surface area contributed by atoms with Crippen LogP contribution in [0.3, 0.4) is 0 Å². The van der Waals surface area contributed by atoms with E-state index < -0.39 is 0 Å². The molecule has 0 atom stereocenters. The Morgan fingerprint density at radius 3 is 2.16 bits per heavy atom. The van der Waals surface area contributed by atoms with Gasteiger partial charge in [-0.15, -0.1) is 0 Å². The summed E-state index contributed by atoms with van der Waals surface area (Å²) in [6.45, 7) is 1.94.